The van der Waals surface area contributed by atoms with Crippen molar-refractivity contribution in [1.29, 1.82) is 0 Å². The molecule has 5 N–H and O–H groups in total. The van der Waals surface area contributed by atoms with E-state index in [9.17, 15) is 18.0 Å². The number of carbonyl (C=O) groups excluding carboxylic acids is 2. The third-order valence-corrected chi connectivity index (χ3v) is 11.0. The third kappa shape index (κ3) is 5.84. The minimum Gasteiger partial charge on any atom is -0.409 e. The number of amides is 2. The van der Waals surface area contributed by atoms with Crippen LogP contribution in [0.25, 0.3) is 10.9 Å². The first kappa shape index (κ1) is 29.5. The number of carbonyl (C=O) groups is 2. The summed E-state index contributed by atoms with van der Waals surface area (Å²) in [5, 5.41) is 16.4. The summed E-state index contributed by atoms with van der Waals surface area (Å²) in [5.74, 6) is -0.533. The highest BCUT2D eigenvalue weighted by Gasteiger charge is 2.40. The number of ether oxygens (including phenoxy) is 1. The van der Waals surface area contributed by atoms with Crippen LogP contribution in [-0.2, 0) is 32.5 Å². The van der Waals surface area contributed by atoms with E-state index in [2.05, 4.69) is 27.4 Å². The summed E-state index contributed by atoms with van der Waals surface area (Å²) >= 11 is 1.35. The SMILES string of the molecule is CC1Cc2nc(C(=O)N3CCN(S(=O)(=O)c4cc5ccc(C(N)=NO)cc5[nH]4)CC3CC(=O)N3CCOCC3)sc2CN1. The molecule has 2 unspecified atom stereocenters. The Kier molecular flexibility index (Phi) is 8.12. The summed E-state index contributed by atoms with van der Waals surface area (Å²) in [6.07, 6.45) is 0.715. The number of nitrogens with one attached hydrogen (secondary N) is 2. The number of oxime groups is 1. The van der Waals surface area contributed by atoms with Crippen LogP contribution in [0.5, 0.6) is 0 Å². The largest absolute Gasteiger partial charge is 0.409 e. The molecule has 43 heavy (non-hydrogen) atoms. The second kappa shape index (κ2) is 11.8. The number of aromatic nitrogens is 2. The van der Waals surface area contributed by atoms with Crippen molar-refractivity contribution >= 4 is 49.9 Å². The van der Waals surface area contributed by atoms with Gasteiger partial charge in [-0.3, -0.25) is 9.59 Å². The number of nitrogens with two attached hydrogens (primary N) is 1. The zero-order valence-electron chi connectivity index (χ0n) is 23.7. The number of thiazole rings is 1. The minimum absolute atomic E-state index is 0.0166. The Labute approximate surface area is 252 Å². The number of H-pyrrole nitrogens is 1. The van der Waals surface area contributed by atoms with Crippen LogP contribution in [0.4, 0.5) is 0 Å². The maximum Gasteiger partial charge on any atom is 0.283 e. The molecule has 230 valence electrons. The smallest absolute Gasteiger partial charge is 0.283 e. The van der Waals surface area contributed by atoms with Crippen LogP contribution in [0, 0.1) is 0 Å². The van der Waals surface area contributed by atoms with E-state index in [4.69, 9.17) is 15.7 Å². The molecule has 16 heteroatoms. The van der Waals surface area contributed by atoms with Crippen molar-refractivity contribution < 1.29 is 28.0 Å². The molecule has 3 aliphatic rings. The van der Waals surface area contributed by atoms with Crippen molar-refractivity contribution in [2.75, 3.05) is 45.9 Å². The first-order chi connectivity index (χ1) is 20.6. The summed E-state index contributed by atoms with van der Waals surface area (Å²) in [6.45, 7) is 4.64. The van der Waals surface area contributed by atoms with Crippen molar-refractivity contribution in [3.05, 3.63) is 45.4 Å². The average molecular weight is 631 g/mol. The van der Waals surface area contributed by atoms with Gasteiger partial charge < -0.3 is 35.8 Å². The van der Waals surface area contributed by atoms with E-state index in [1.165, 1.54) is 21.7 Å². The van der Waals surface area contributed by atoms with Crippen LogP contribution in [0.3, 0.4) is 0 Å². The highest BCUT2D eigenvalue weighted by Crippen LogP contribution is 2.29. The topological polar surface area (TPSA) is 187 Å². The van der Waals surface area contributed by atoms with Crippen LogP contribution in [0.1, 0.15) is 39.3 Å². The summed E-state index contributed by atoms with van der Waals surface area (Å²) in [4.78, 5) is 39.1. The number of sulfonamides is 1. The molecule has 14 nitrogen and oxygen atoms in total. The average Bonchev–Trinajstić information content (AvgIpc) is 3.65. The predicted molar refractivity (Wildman–Crippen MR) is 159 cm³/mol. The fourth-order valence-electron chi connectivity index (χ4n) is 5.75. The van der Waals surface area contributed by atoms with Gasteiger partial charge in [-0.05, 0) is 19.1 Å². The number of aromatic amines is 1. The molecule has 0 aliphatic carbocycles. The van der Waals surface area contributed by atoms with E-state index in [0.29, 0.717) is 54.3 Å². The number of fused-ring (bicyclic) bond motifs is 2. The summed E-state index contributed by atoms with van der Waals surface area (Å²) < 4.78 is 34.4. The first-order valence-corrected chi connectivity index (χ1v) is 16.4. The number of benzene rings is 1. The monoisotopic (exact) mass is 630 g/mol. The molecule has 2 aromatic heterocycles. The lowest BCUT2D eigenvalue weighted by Gasteiger charge is -2.41. The molecule has 0 spiro atoms. The van der Waals surface area contributed by atoms with Gasteiger partial charge in [0, 0.05) is 79.5 Å². The van der Waals surface area contributed by atoms with Crippen LogP contribution >= 0.6 is 11.3 Å². The highest BCUT2D eigenvalue weighted by molar-refractivity contribution is 7.89. The lowest BCUT2D eigenvalue weighted by molar-refractivity contribution is -0.136. The van der Waals surface area contributed by atoms with Crippen molar-refractivity contribution in [3.8, 4) is 0 Å². The molecule has 0 bridgehead atoms. The number of amidine groups is 1. The summed E-state index contributed by atoms with van der Waals surface area (Å²) in [6, 6.07) is 6.03. The van der Waals surface area contributed by atoms with Gasteiger partial charge in [-0.2, -0.15) is 4.31 Å². The van der Waals surface area contributed by atoms with Crippen LogP contribution in [0.2, 0.25) is 0 Å². The maximum absolute atomic E-state index is 13.8. The Morgan fingerprint density at radius 1 is 1.21 bits per heavy atom. The second-order valence-electron chi connectivity index (χ2n) is 11.0. The molecule has 0 radical (unpaired) electrons. The molecule has 2 fully saturated rings. The van der Waals surface area contributed by atoms with E-state index in [-0.39, 0.29) is 54.8 Å². The zero-order valence-corrected chi connectivity index (χ0v) is 25.3. The molecular formula is C27H34N8O6S2. The lowest BCUT2D eigenvalue weighted by Crippen LogP contribution is -2.58. The normalized spacial score (nSPS) is 22.1. The molecule has 5 heterocycles. The van der Waals surface area contributed by atoms with Gasteiger partial charge in [0.15, 0.2) is 10.8 Å². The maximum atomic E-state index is 13.8. The molecule has 0 saturated carbocycles. The molecule has 3 aliphatic heterocycles. The van der Waals surface area contributed by atoms with Gasteiger partial charge in [-0.15, -0.1) is 11.3 Å². The van der Waals surface area contributed by atoms with Crippen molar-refractivity contribution in [3.63, 3.8) is 0 Å². The van der Waals surface area contributed by atoms with Gasteiger partial charge >= 0.3 is 0 Å². The Balaban J connectivity index is 1.27. The standard InChI is InChI=1S/C27H34N8O6S2/c1-16-10-21-22(14-29-16)42-26(31-21)27(37)35-5-4-34(15-19(35)13-24(36)33-6-8-41-9-7-33)43(39,40)23-12-17-2-3-18(25(28)32-38)11-20(17)30-23/h2-3,11-12,16,19,29-30,38H,4-10,13-15H2,1H3,(H2,28,32). The van der Waals surface area contributed by atoms with Crippen molar-refractivity contribution in [1.82, 2.24) is 29.4 Å². The van der Waals surface area contributed by atoms with Crippen molar-refractivity contribution in [2.45, 2.75) is 43.4 Å². The van der Waals surface area contributed by atoms with Gasteiger partial charge in [0.05, 0.1) is 24.9 Å². The van der Waals surface area contributed by atoms with Gasteiger partial charge in [0.1, 0.15) is 5.03 Å². The summed E-state index contributed by atoms with van der Waals surface area (Å²) in [5.41, 5.74) is 7.55. The molecule has 2 saturated heterocycles. The minimum atomic E-state index is -4.02. The zero-order chi connectivity index (χ0) is 30.3. The number of hydrogen-bond acceptors (Lipinski definition) is 10. The van der Waals surface area contributed by atoms with Gasteiger partial charge in [-0.1, -0.05) is 17.3 Å². The molecule has 6 rings (SSSR count). The van der Waals surface area contributed by atoms with Gasteiger partial charge in [0.25, 0.3) is 15.9 Å². The fraction of sp³-hybridized carbons (Fsp3) is 0.481. The van der Waals surface area contributed by atoms with Crippen molar-refractivity contribution in [2.24, 2.45) is 10.9 Å². The third-order valence-electron chi connectivity index (χ3n) is 8.17. The van der Waals surface area contributed by atoms with Crippen LogP contribution in [0.15, 0.2) is 34.4 Å². The highest BCUT2D eigenvalue weighted by atomic mass is 32.2. The summed E-state index contributed by atoms with van der Waals surface area (Å²) in [7, 11) is -4.02. The van der Waals surface area contributed by atoms with E-state index < -0.39 is 16.1 Å². The number of nitrogens with zero attached hydrogens (tertiary/aromatic N) is 5. The van der Waals surface area contributed by atoms with E-state index in [0.717, 1.165) is 17.0 Å². The number of piperazine rings is 1. The Hall–Kier alpha value is -3.57. The molecule has 2 amide bonds. The lowest BCUT2D eigenvalue weighted by atomic mass is 10.1. The number of rotatable bonds is 6. The first-order valence-electron chi connectivity index (χ1n) is 14.1. The van der Waals surface area contributed by atoms with E-state index >= 15 is 0 Å². The van der Waals surface area contributed by atoms with Gasteiger partial charge in [-0.25, -0.2) is 13.4 Å². The second-order valence-corrected chi connectivity index (χ2v) is 14.0. The fourth-order valence-corrected chi connectivity index (χ4v) is 8.23. The Morgan fingerprint density at radius 3 is 2.77 bits per heavy atom. The van der Waals surface area contributed by atoms with E-state index in [1.807, 2.05) is 0 Å². The number of morpholine rings is 1. The van der Waals surface area contributed by atoms with Gasteiger partial charge in [0.2, 0.25) is 5.91 Å². The Morgan fingerprint density at radius 2 is 2.00 bits per heavy atom. The van der Waals surface area contributed by atoms with Crippen LogP contribution in [-0.4, -0.2) is 113 Å². The quantitative estimate of drug-likeness (QED) is 0.130. The van der Waals surface area contributed by atoms with E-state index in [1.54, 1.807) is 28.0 Å². The predicted octanol–water partition coefficient (Wildman–Crippen LogP) is 0.517. The number of hydrogen-bond donors (Lipinski definition) is 4. The molecule has 3 aromatic rings. The molecule has 2 atom stereocenters. The Bertz CT molecular complexity index is 1680. The molecular weight excluding hydrogens is 596 g/mol. The van der Waals surface area contributed by atoms with Crippen LogP contribution < -0.4 is 11.1 Å². The molecule has 1 aromatic carbocycles.